The maximum absolute atomic E-state index is 12.2. The van der Waals surface area contributed by atoms with Crippen LogP contribution in [0.1, 0.15) is 26.6 Å². The van der Waals surface area contributed by atoms with Gasteiger partial charge < -0.3 is 9.64 Å². The topological polar surface area (TPSA) is 64.4 Å². The Kier molecular flexibility index (Phi) is 6.16. The zero-order chi connectivity index (χ0) is 20.3. The molecule has 1 amide bonds. The number of carbonyl (C=O) groups is 2. The summed E-state index contributed by atoms with van der Waals surface area (Å²) in [6, 6.07) is 10.7. The summed E-state index contributed by atoms with van der Waals surface area (Å²) in [6.07, 6.45) is 0. The predicted octanol–water partition coefficient (Wildman–Crippen LogP) is 4.02. The van der Waals surface area contributed by atoms with Gasteiger partial charge in [-0.3, -0.25) is 4.79 Å². The largest absolute Gasteiger partial charge is 0.452 e. The second-order valence-corrected chi connectivity index (χ2v) is 7.76. The highest BCUT2D eigenvalue weighted by Crippen LogP contribution is 2.22. The minimum Gasteiger partial charge on any atom is -0.452 e. The summed E-state index contributed by atoms with van der Waals surface area (Å²) < 4.78 is 6.87. The van der Waals surface area contributed by atoms with Crippen LogP contribution in [0.4, 0.5) is 0 Å². The molecule has 0 aliphatic heterocycles. The van der Waals surface area contributed by atoms with Crippen molar-refractivity contribution in [3.63, 3.8) is 0 Å². The lowest BCUT2D eigenvalue weighted by Crippen LogP contribution is -2.30. The molecule has 28 heavy (non-hydrogen) atoms. The Morgan fingerprint density at radius 1 is 1.21 bits per heavy atom. The highest BCUT2D eigenvalue weighted by Gasteiger charge is 2.15. The Morgan fingerprint density at radius 2 is 1.93 bits per heavy atom. The number of benzene rings is 1. The van der Waals surface area contributed by atoms with Crippen LogP contribution in [-0.2, 0) is 16.1 Å². The number of likely N-dealkylation sites (N-methyl/N-ethyl adjacent to an activating group) is 1. The number of amides is 1. The number of thiophene rings is 1. The number of hydrogen-bond donors (Lipinski definition) is 0. The lowest BCUT2D eigenvalue weighted by molar-refractivity contribution is -0.133. The molecule has 0 radical (unpaired) electrons. The monoisotopic (exact) mass is 417 g/mol. The molecular formula is C20H20ClN3O3S. The normalized spacial score (nSPS) is 10.7. The van der Waals surface area contributed by atoms with E-state index in [1.54, 1.807) is 47.3 Å². The van der Waals surface area contributed by atoms with E-state index < -0.39 is 5.97 Å². The number of hydrogen-bond acceptors (Lipinski definition) is 5. The van der Waals surface area contributed by atoms with E-state index in [1.807, 2.05) is 31.4 Å². The maximum Gasteiger partial charge on any atom is 0.338 e. The lowest BCUT2D eigenvalue weighted by Gasteiger charge is -2.16. The van der Waals surface area contributed by atoms with Gasteiger partial charge in [0, 0.05) is 11.9 Å². The molecule has 0 fully saturated rings. The van der Waals surface area contributed by atoms with E-state index in [0.717, 1.165) is 22.0 Å². The fraction of sp³-hybridized carbons (Fsp3) is 0.250. The van der Waals surface area contributed by atoms with E-state index in [2.05, 4.69) is 5.10 Å². The van der Waals surface area contributed by atoms with E-state index in [4.69, 9.17) is 16.3 Å². The van der Waals surface area contributed by atoms with Gasteiger partial charge in [-0.2, -0.15) is 5.10 Å². The molecular weight excluding hydrogens is 398 g/mol. The molecule has 146 valence electrons. The van der Waals surface area contributed by atoms with Crippen molar-refractivity contribution in [2.45, 2.75) is 20.4 Å². The van der Waals surface area contributed by atoms with Crippen LogP contribution in [0.5, 0.6) is 0 Å². The third-order valence-corrected chi connectivity index (χ3v) is 5.68. The summed E-state index contributed by atoms with van der Waals surface area (Å²) in [5.74, 6) is -0.800. The molecule has 0 spiro atoms. The summed E-state index contributed by atoms with van der Waals surface area (Å²) in [5.41, 5.74) is 2.72. The fourth-order valence-electron chi connectivity index (χ4n) is 2.66. The first-order valence-corrected chi connectivity index (χ1v) is 9.88. The quantitative estimate of drug-likeness (QED) is 0.568. The van der Waals surface area contributed by atoms with E-state index in [0.29, 0.717) is 17.1 Å². The predicted molar refractivity (Wildman–Crippen MR) is 109 cm³/mol. The molecule has 3 aromatic rings. The average molecular weight is 418 g/mol. The van der Waals surface area contributed by atoms with Crippen molar-refractivity contribution < 1.29 is 14.3 Å². The minimum atomic E-state index is -0.546. The van der Waals surface area contributed by atoms with Crippen molar-refractivity contribution in [3.8, 4) is 5.69 Å². The molecule has 2 aromatic heterocycles. The highest BCUT2D eigenvalue weighted by molar-refractivity contribution is 7.09. The van der Waals surface area contributed by atoms with E-state index in [1.165, 1.54) is 4.90 Å². The molecule has 0 saturated carbocycles. The van der Waals surface area contributed by atoms with Gasteiger partial charge in [-0.1, -0.05) is 17.7 Å². The second kappa shape index (κ2) is 8.58. The van der Waals surface area contributed by atoms with Gasteiger partial charge in [0.25, 0.3) is 5.91 Å². The van der Waals surface area contributed by atoms with Crippen LogP contribution in [0.25, 0.3) is 5.69 Å². The van der Waals surface area contributed by atoms with Crippen LogP contribution in [0, 0.1) is 13.8 Å². The molecule has 0 atom stereocenters. The molecule has 2 heterocycles. The summed E-state index contributed by atoms with van der Waals surface area (Å²) >= 11 is 7.75. The first kappa shape index (κ1) is 20.1. The van der Waals surface area contributed by atoms with Crippen molar-refractivity contribution >= 4 is 34.8 Å². The van der Waals surface area contributed by atoms with Crippen molar-refractivity contribution in [2.75, 3.05) is 13.7 Å². The summed E-state index contributed by atoms with van der Waals surface area (Å²) in [6.45, 7) is 3.91. The summed E-state index contributed by atoms with van der Waals surface area (Å²) in [7, 11) is 1.68. The van der Waals surface area contributed by atoms with Gasteiger partial charge in [0.15, 0.2) is 6.61 Å². The standard InChI is InChI=1S/C20H20ClN3O3S/c1-13-19(21)14(2)24(22-13)16-8-6-15(7-9-16)20(26)27-12-18(25)23(3)11-17-5-4-10-28-17/h4-10H,11-12H2,1-3H3. The van der Waals surface area contributed by atoms with Crippen molar-refractivity contribution in [2.24, 2.45) is 0 Å². The van der Waals surface area contributed by atoms with Crippen LogP contribution in [0.15, 0.2) is 41.8 Å². The van der Waals surface area contributed by atoms with Gasteiger partial charge in [0.2, 0.25) is 0 Å². The molecule has 0 N–H and O–H groups in total. The van der Waals surface area contributed by atoms with Gasteiger partial charge in [0.05, 0.1) is 34.2 Å². The maximum atomic E-state index is 12.2. The smallest absolute Gasteiger partial charge is 0.338 e. The van der Waals surface area contributed by atoms with Crippen molar-refractivity contribution in [3.05, 3.63) is 68.6 Å². The van der Waals surface area contributed by atoms with E-state index in [9.17, 15) is 9.59 Å². The van der Waals surface area contributed by atoms with Crippen LogP contribution in [-0.4, -0.2) is 40.2 Å². The highest BCUT2D eigenvalue weighted by atomic mass is 35.5. The molecule has 8 heteroatoms. The van der Waals surface area contributed by atoms with Gasteiger partial charge in [-0.25, -0.2) is 9.48 Å². The van der Waals surface area contributed by atoms with Gasteiger partial charge in [-0.05, 0) is 49.6 Å². The van der Waals surface area contributed by atoms with Crippen molar-refractivity contribution in [1.82, 2.24) is 14.7 Å². The number of carbonyl (C=O) groups excluding carboxylic acids is 2. The molecule has 0 aliphatic rings. The molecule has 0 aliphatic carbocycles. The molecule has 3 rings (SSSR count). The van der Waals surface area contributed by atoms with Crippen LogP contribution < -0.4 is 0 Å². The number of nitrogens with zero attached hydrogens (tertiary/aromatic N) is 3. The number of aromatic nitrogens is 2. The van der Waals surface area contributed by atoms with Crippen LogP contribution in [0.2, 0.25) is 5.02 Å². The van der Waals surface area contributed by atoms with E-state index >= 15 is 0 Å². The number of ether oxygens (including phenoxy) is 1. The van der Waals surface area contributed by atoms with Gasteiger partial charge >= 0.3 is 5.97 Å². The Bertz CT molecular complexity index is 981. The Labute approximate surface area is 172 Å². The second-order valence-electron chi connectivity index (χ2n) is 6.35. The average Bonchev–Trinajstić information content (AvgIpc) is 3.29. The lowest BCUT2D eigenvalue weighted by atomic mass is 10.2. The third-order valence-electron chi connectivity index (χ3n) is 4.28. The Balaban J connectivity index is 1.58. The van der Waals surface area contributed by atoms with Crippen LogP contribution in [0.3, 0.4) is 0 Å². The molecule has 0 saturated heterocycles. The third kappa shape index (κ3) is 4.43. The first-order valence-electron chi connectivity index (χ1n) is 8.62. The fourth-order valence-corrected chi connectivity index (χ4v) is 3.53. The number of halogens is 1. The number of rotatable bonds is 6. The van der Waals surface area contributed by atoms with Crippen molar-refractivity contribution in [1.29, 1.82) is 0 Å². The zero-order valence-electron chi connectivity index (χ0n) is 15.8. The minimum absolute atomic E-state index is 0.254. The number of esters is 1. The SMILES string of the molecule is Cc1nn(-c2ccc(C(=O)OCC(=O)N(C)Cc3cccs3)cc2)c(C)c1Cl. The molecule has 1 aromatic carbocycles. The Morgan fingerprint density at radius 3 is 2.50 bits per heavy atom. The van der Waals surface area contributed by atoms with Gasteiger partial charge in [-0.15, -0.1) is 11.3 Å². The van der Waals surface area contributed by atoms with Crippen LogP contribution >= 0.6 is 22.9 Å². The van der Waals surface area contributed by atoms with E-state index in [-0.39, 0.29) is 12.5 Å². The van der Waals surface area contributed by atoms with Gasteiger partial charge in [0.1, 0.15) is 0 Å². The first-order chi connectivity index (χ1) is 13.4. The molecule has 6 nitrogen and oxygen atoms in total. The number of aryl methyl sites for hydroxylation is 1. The summed E-state index contributed by atoms with van der Waals surface area (Å²) in [4.78, 5) is 27.0. The summed E-state index contributed by atoms with van der Waals surface area (Å²) in [5, 5.41) is 6.96. The zero-order valence-corrected chi connectivity index (χ0v) is 17.4. The molecule has 0 bridgehead atoms. The Hall–Kier alpha value is -2.64. The molecule has 0 unspecified atom stereocenters.